The lowest BCUT2D eigenvalue weighted by Crippen LogP contribution is -2.47. The standard InChI is InChI=1S/C18H27N/c1-18-9-2-3-17(18)16-6-4-12-11-13(19)5-7-14(12)15(16)8-10-18/h12-17H,2-4,6,8-11,19H2,1H3/t12?,13?,14-,15+,16+,17-,18-/m0/s1. The number of nitrogens with two attached hydrogens (primary N) is 1. The predicted molar refractivity (Wildman–Crippen MR) is 78.2 cm³/mol. The molecule has 104 valence electrons. The molecule has 0 spiro atoms. The van der Waals surface area contributed by atoms with Crippen LogP contribution in [0.5, 0.6) is 0 Å². The van der Waals surface area contributed by atoms with Gasteiger partial charge < -0.3 is 5.73 Å². The van der Waals surface area contributed by atoms with Gasteiger partial charge in [-0.3, -0.25) is 0 Å². The van der Waals surface area contributed by atoms with Gasteiger partial charge in [-0.1, -0.05) is 25.2 Å². The van der Waals surface area contributed by atoms with Gasteiger partial charge in [0.15, 0.2) is 0 Å². The highest BCUT2D eigenvalue weighted by Crippen LogP contribution is 2.61. The second-order valence-corrected chi connectivity index (χ2v) is 8.01. The maximum Gasteiger partial charge on any atom is 0.0667 e. The molecular formula is C18H27N. The third-order valence-electron chi connectivity index (χ3n) is 7.11. The van der Waals surface area contributed by atoms with Crippen LogP contribution in [-0.4, -0.2) is 6.04 Å². The molecular weight excluding hydrogens is 230 g/mol. The van der Waals surface area contributed by atoms with Crippen LogP contribution in [0.4, 0.5) is 0 Å². The van der Waals surface area contributed by atoms with Crippen LogP contribution in [0.1, 0.15) is 58.3 Å². The fraction of sp³-hybridized carbons (Fsp3) is 0.889. The molecule has 3 fully saturated rings. The summed E-state index contributed by atoms with van der Waals surface area (Å²) < 4.78 is 0. The number of hydrogen-bond donors (Lipinski definition) is 1. The van der Waals surface area contributed by atoms with Gasteiger partial charge in [0.25, 0.3) is 0 Å². The zero-order valence-corrected chi connectivity index (χ0v) is 12.2. The maximum atomic E-state index is 6.04. The Hall–Kier alpha value is -0.480. The van der Waals surface area contributed by atoms with E-state index in [1.165, 1.54) is 51.4 Å². The van der Waals surface area contributed by atoms with Gasteiger partial charge in [-0.25, -0.2) is 0 Å². The molecule has 0 aromatic carbocycles. The molecule has 0 bridgehead atoms. The van der Waals surface area contributed by atoms with Crippen molar-refractivity contribution in [2.45, 2.75) is 64.3 Å². The van der Waals surface area contributed by atoms with Gasteiger partial charge in [-0.05, 0) is 74.0 Å². The van der Waals surface area contributed by atoms with E-state index in [9.17, 15) is 0 Å². The van der Waals surface area contributed by atoms with Gasteiger partial charge >= 0.3 is 0 Å². The molecule has 2 unspecified atom stereocenters. The van der Waals surface area contributed by atoms with Gasteiger partial charge in [0, 0.05) is 5.92 Å². The first-order valence-corrected chi connectivity index (χ1v) is 8.44. The monoisotopic (exact) mass is 257 g/mol. The molecule has 0 amide bonds. The lowest BCUT2D eigenvalue weighted by molar-refractivity contribution is -0.0233. The Balaban J connectivity index is 1.62. The van der Waals surface area contributed by atoms with Gasteiger partial charge in [0.05, 0.1) is 6.04 Å². The Kier molecular flexibility index (Phi) is 2.75. The van der Waals surface area contributed by atoms with E-state index in [2.05, 4.69) is 18.8 Å². The lowest BCUT2D eigenvalue weighted by Gasteiger charge is -2.53. The lowest BCUT2D eigenvalue weighted by atomic mass is 9.52. The minimum atomic E-state index is 0.165. The fourth-order valence-electron chi connectivity index (χ4n) is 6.18. The maximum absolute atomic E-state index is 6.04. The molecule has 7 atom stereocenters. The van der Waals surface area contributed by atoms with Gasteiger partial charge in [0.1, 0.15) is 0 Å². The van der Waals surface area contributed by atoms with Crippen molar-refractivity contribution in [3.8, 4) is 11.8 Å². The summed E-state index contributed by atoms with van der Waals surface area (Å²) in [6, 6.07) is 0.165. The minimum absolute atomic E-state index is 0.165. The number of hydrogen-bond acceptors (Lipinski definition) is 1. The first-order valence-electron chi connectivity index (χ1n) is 8.44. The van der Waals surface area contributed by atoms with Crippen molar-refractivity contribution in [2.75, 3.05) is 0 Å². The zero-order valence-electron chi connectivity index (χ0n) is 12.2. The first kappa shape index (κ1) is 12.3. The quantitative estimate of drug-likeness (QED) is 0.660. The summed E-state index contributed by atoms with van der Waals surface area (Å²) in [5.41, 5.74) is 6.73. The van der Waals surface area contributed by atoms with Crippen molar-refractivity contribution in [2.24, 2.45) is 40.7 Å². The molecule has 1 nitrogen and oxygen atoms in total. The van der Waals surface area contributed by atoms with Crippen molar-refractivity contribution in [3.05, 3.63) is 0 Å². The van der Waals surface area contributed by atoms with E-state index in [1.807, 2.05) is 0 Å². The average molecular weight is 257 g/mol. The van der Waals surface area contributed by atoms with Gasteiger partial charge in [0.2, 0.25) is 0 Å². The highest BCUT2D eigenvalue weighted by molar-refractivity contribution is 5.19. The van der Waals surface area contributed by atoms with E-state index in [4.69, 9.17) is 5.73 Å². The summed E-state index contributed by atoms with van der Waals surface area (Å²) >= 11 is 0. The minimum Gasteiger partial charge on any atom is -0.318 e. The van der Waals surface area contributed by atoms with Crippen molar-refractivity contribution in [1.82, 2.24) is 0 Å². The van der Waals surface area contributed by atoms with E-state index in [0.29, 0.717) is 11.3 Å². The molecule has 4 aliphatic carbocycles. The number of fused-ring (bicyclic) bond motifs is 5. The van der Waals surface area contributed by atoms with E-state index < -0.39 is 0 Å². The molecule has 0 aliphatic heterocycles. The summed E-state index contributed by atoms with van der Waals surface area (Å²) in [5.74, 6) is 11.3. The highest BCUT2D eigenvalue weighted by Gasteiger charge is 2.53. The van der Waals surface area contributed by atoms with Crippen LogP contribution in [-0.2, 0) is 0 Å². The van der Waals surface area contributed by atoms with Crippen molar-refractivity contribution < 1.29 is 0 Å². The molecule has 2 N–H and O–H groups in total. The predicted octanol–water partition coefficient (Wildman–Crippen LogP) is 3.58. The molecule has 19 heavy (non-hydrogen) atoms. The van der Waals surface area contributed by atoms with E-state index in [0.717, 1.165) is 23.7 Å². The Labute approximate surface area is 117 Å². The highest BCUT2D eigenvalue weighted by atomic mass is 14.6. The van der Waals surface area contributed by atoms with Crippen LogP contribution in [0.3, 0.4) is 0 Å². The van der Waals surface area contributed by atoms with Crippen LogP contribution in [0.25, 0.3) is 0 Å². The van der Waals surface area contributed by atoms with E-state index >= 15 is 0 Å². The molecule has 0 aromatic rings. The summed E-state index contributed by atoms with van der Waals surface area (Å²) in [7, 11) is 0. The smallest absolute Gasteiger partial charge is 0.0667 e. The van der Waals surface area contributed by atoms with Crippen molar-refractivity contribution >= 4 is 0 Å². The first-order chi connectivity index (χ1) is 9.17. The van der Waals surface area contributed by atoms with Gasteiger partial charge in [-0.2, -0.15) is 0 Å². The molecule has 0 aromatic heterocycles. The van der Waals surface area contributed by atoms with Crippen LogP contribution in [0.2, 0.25) is 0 Å². The SMILES string of the molecule is C[C@@]12CCC[C@H]1[C@@H]1CCC3CC(N)C#C[C@@H]3[C@H]1CC2. The molecule has 4 aliphatic rings. The van der Waals surface area contributed by atoms with Crippen molar-refractivity contribution in [3.63, 3.8) is 0 Å². The molecule has 0 radical (unpaired) electrons. The molecule has 0 saturated heterocycles. The van der Waals surface area contributed by atoms with Crippen molar-refractivity contribution in [1.29, 1.82) is 0 Å². The summed E-state index contributed by atoms with van der Waals surface area (Å²) in [5, 5.41) is 0. The topological polar surface area (TPSA) is 26.0 Å². The third kappa shape index (κ3) is 1.79. The summed E-state index contributed by atoms with van der Waals surface area (Å²) in [4.78, 5) is 0. The second kappa shape index (κ2) is 4.26. The van der Waals surface area contributed by atoms with E-state index in [-0.39, 0.29) is 6.04 Å². The Morgan fingerprint density at radius 3 is 2.79 bits per heavy atom. The molecule has 4 rings (SSSR count). The largest absolute Gasteiger partial charge is 0.318 e. The Morgan fingerprint density at radius 2 is 1.89 bits per heavy atom. The second-order valence-electron chi connectivity index (χ2n) is 8.01. The third-order valence-corrected chi connectivity index (χ3v) is 7.11. The normalized spacial score (nSPS) is 55.5. The summed E-state index contributed by atoms with van der Waals surface area (Å²) in [6.07, 6.45) is 11.4. The fourth-order valence-corrected chi connectivity index (χ4v) is 6.18. The van der Waals surface area contributed by atoms with E-state index in [1.54, 1.807) is 0 Å². The molecule has 1 heteroatoms. The summed E-state index contributed by atoms with van der Waals surface area (Å²) in [6.45, 7) is 2.58. The Morgan fingerprint density at radius 1 is 1.00 bits per heavy atom. The molecule has 0 heterocycles. The van der Waals surface area contributed by atoms with Crippen LogP contribution >= 0.6 is 0 Å². The molecule has 3 saturated carbocycles. The zero-order chi connectivity index (χ0) is 13.0. The van der Waals surface area contributed by atoms with Crippen LogP contribution < -0.4 is 5.73 Å². The average Bonchev–Trinajstić information content (AvgIpc) is 2.79. The van der Waals surface area contributed by atoms with Gasteiger partial charge in [-0.15, -0.1) is 0 Å². The van der Waals surface area contributed by atoms with Crippen LogP contribution in [0, 0.1) is 46.8 Å². The Bertz CT molecular complexity index is 431. The van der Waals surface area contributed by atoms with Crippen LogP contribution in [0.15, 0.2) is 0 Å². The number of rotatable bonds is 0.